The third-order valence-corrected chi connectivity index (χ3v) is 2.98. The summed E-state index contributed by atoms with van der Waals surface area (Å²) in [4.78, 5) is 15.8. The number of hydrogen-bond acceptors (Lipinski definition) is 4. The van der Waals surface area contributed by atoms with E-state index in [2.05, 4.69) is 15.6 Å². The summed E-state index contributed by atoms with van der Waals surface area (Å²) in [5.41, 5.74) is 1.60. The first-order chi connectivity index (χ1) is 10.3. The quantitative estimate of drug-likeness (QED) is 0.906. The molecule has 0 unspecified atom stereocenters. The first kappa shape index (κ1) is 13.2. The molecule has 0 bridgehead atoms. The van der Waals surface area contributed by atoms with Gasteiger partial charge in [-0.1, -0.05) is 6.07 Å². The van der Waals surface area contributed by atoms with Gasteiger partial charge in [-0.05, 0) is 23.8 Å². The van der Waals surface area contributed by atoms with Crippen molar-refractivity contribution in [3.8, 4) is 11.5 Å². The van der Waals surface area contributed by atoms with E-state index in [1.807, 2.05) is 12.1 Å². The molecule has 0 fully saturated rings. The van der Waals surface area contributed by atoms with Crippen molar-refractivity contribution in [3.05, 3.63) is 48.3 Å². The number of ether oxygens (including phenoxy) is 2. The SMILES string of the molecule is O=C(NCc1cccnc1)Nc1ccc2c(c1)OCCO2. The Kier molecular flexibility index (Phi) is 3.86. The van der Waals surface area contributed by atoms with Crippen molar-refractivity contribution < 1.29 is 14.3 Å². The molecule has 6 nitrogen and oxygen atoms in total. The van der Waals surface area contributed by atoms with Gasteiger partial charge in [0.25, 0.3) is 0 Å². The highest BCUT2D eigenvalue weighted by molar-refractivity contribution is 5.89. The minimum absolute atomic E-state index is 0.282. The van der Waals surface area contributed by atoms with Crippen molar-refractivity contribution in [1.29, 1.82) is 0 Å². The molecule has 1 aliphatic heterocycles. The Hall–Kier alpha value is -2.76. The molecule has 1 aliphatic rings. The molecule has 21 heavy (non-hydrogen) atoms. The molecule has 3 rings (SSSR count). The normalized spacial score (nSPS) is 12.6. The zero-order chi connectivity index (χ0) is 14.5. The lowest BCUT2D eigenvalue weighted by atomic mass is 10.2. The maximum absolute atomic E-state index is 11.8. The summed E-state index contributed by atoms with van der Waals surface area (Å²) >= 11 is 0. The van der Waals surface area contributed by atoms with Crippen LogP contribution in [0, 0.1) is 0 Å². The van der Waals surface area contributed by atoms with Gasteiger partial charge < -0.3 is 20.1 Å². The van der Waals surface area contributed by atoms with Crippen LogP contribution in [0.5, 0.6) is 11.5 Å². The summed E-state index contributed by atoms with van der Waals surface area (Å²) in [5.74, 6) is 1.34. The van der Waals surface area contributed by atoms with E-state index >= 15 is 0 Å². The van der Waals surface area contributed by atoms with Crippen molar-refractivity contribution >= 4 is 11.7 Å². The Morgan fingerprint density at radius 2 is 2.05 bits per heavy atom. The van der Waals surface area contributed by atoms with Crippen LogP contribution < -0.4 is 20.1 Å². The van der Waals surface area contributed by atoms with Gasteiger partial charge in [0.2, 0.25) is 0 Å². The third-order valence-electron chi connectivity index (χ3n) is 2.98. The molecule has 0 saturated carbocycles. The van der Waals surface area contributed by atoms with Crippen molar-refractivity contribution in [2.24, 2.45) is 0 Å². The van der Waals surface area contributed by atoms with Crippen LogP contribution in [0.25, 0.3) is 0 Å². The van der Waals surface area contributed by atoms with Crippen LogP contribution in [0.1, 0.15) is 5.56 Å². The Labute approximate surface area is 122 Å². The Morgan fingerprint density at radius 3 is 2.86 bits per heavy atom. The van der Waals surface area contributed by atoms with Crippen LogP contribution in [0.3, 0.4) is 0 Å². The van der Waals surface area contributed by atoms with E-state index in [1.165, 1.54) is 0 Å². The average molecular weight is 285 g/mol. The van der Waals surface area contributed by atoms with E-state index in [0.29, 0.717) is 36.9 Å². The topological polar surface area (TPSA) is 72.5 Å². The van der Waals surface area contributed by atoms with E-state index in [4.69, 9.17) is 9.47 Å². The molecule has 1 aromatic carbocycles. The maximum atomic E-state index is 11.8. The second kappa shape index (κ2) is 6.13. The molecule has 0 aliphatic carbocycles. The lowest BCUT2D eigenvalue weighted by molar-refractivity contribution is 0.171. The molecule has 2 heterocycles. The van der Waals surface area contributed by atoms with Gasteiger partial charge in [-0.25, -0.2) is 4.79 Å². The molecule has 1 aromatic heterocycles. The highest BCUT2D eigenvalue weighted by atomic mass is 16.6. The largest absolute Gasteiger partial charge is 0.486 e. The van der Waals surface area contributed by atoms with Crippen LogP contribution in [0.15, 0.2) is 42.7 Å². The second-order valence-corrected chi connectivity index (χ2v) is 4.53. The molecule has 0 radical (unpaired) electrons. The summed E-state index contributed by atoms with van der Waals surface area (Å²) in [7, 11) is 0. The summed E-state index contributed by atoms with van der Waals surface area (Å²) in [6.45, 7) is 1.49. The van der Waals surface area contributed by atoms with E-state index in [1.54, 1.807) is 30.6 Å². The number of carbonyl (C=O) groups excluding carboxylic acids is 1. The number of anilines is 1. The monoisotopic (exact) mass is 285 g/mol. The Morgan fingerprint density at radius 1 is 1.19 bits per heavy atom. The van der Waals surface area contributed by atoms with Gasteiger partial charge in [0.15, 0.2) is 11.5 Å². The van der Waals surface area contributed by atoms with Crippen molar-refractivity contribution in [2.75, 3.05) is 18.5 Å². The molecule has 0 spiro atoms. The Bertz CT molecular complexity index is 631. The molecule has 108 valence electrons. The number of rotatable bonds is 3. The maximum Gasteiger partial charge on any atom is 0.319 e. The number of aromatic nitrogens is 1. The van der Waals surface area contributed by atoms with Crippen LogP contribution in [0.4, 0.5) is 10.5 Å². The van der Waals surface area contributed by atoms with Crippen LogP contribution in [0.2, 0.25) is 0 Å². The number of pyridine rings is 1. The second-order valence-electron chi connectivity index (χ2n) is 4.53. The standard InChI is InChI=1S/C15H15N3O3/c19-15(17-10-11-2-1-5-16-9-11)18-12-3-4-13-14(8-12)21-7-6-20-13/h1-5,8-9H,6-7,10H2,(H2,17,18,19). The van der Waals surface area contributed by atoms with Crippen LogP contribution in [-0.4, -0.2) is 24.2 Å². The van der Waals surface area contributed by atoms with Crippen molar-refractivity contribution in [1.82, 2.24) is 10.3 Å². The number of carbonyl (C=O) groups is 1. The molecule has 6 heteroatoms. The van der Waals surface area contributed by atoms with E-state index < -0.39 is 0 Å². The summed E-state index contributed by atoms with van der Waals surface area (Å²) < 4.78 is 10.9. The lowest BCUT2D eigenvalue weighted by Gasteiger charge is -2.19. The van der Waals surface area contributed by atoms with Crippen LogP contribution >= 0.6 is 0 Å². The predicted molar refractivity (Wildman–Crippen MR) is 77.5 cm³/mol. The summed E-state index contributed by atoms with van der Waals surface area (Å²) in [5, 5.41) is 5.52. The molecule has 0 atom stereocenters. The van der Waals surface area contributed by atoms with Crippen molar-refractivity contribution in [2.45, 2.75) is 6.54 Å². The number of benzene rings is 1. The van der Waals surface area contributed by atoms with E-state index in [9.17, 15) is 4.79 Å². The molecular weight excluding hydrogens is 270 g/mol. The van der Waals surface area contributed by atoms with Gasteiger partial charge in [-0.3, -0.25) is 4.98 Å². The number of urea groups is 1. The third kappa shape index (κ3) is 3.42. The minimum atomic E-state index is -0.282. The highest BCUT2D eigenvalue weighted by Gasteiger charge is 2.12. The molecule has 2 aromatic rings. The van der Waals surface area contributed by atoms with Gasteiger partial charge in [0.1, 0.15) is 13.2 Å². The van der Waals surface area contributed by atoms with Crippen LogP contribution in [-0.2, 0) is 6.54 Å². The fraction of sp³-hybridized carbons (Fsp3) is 0.200. The summed E-state index contributed by atoms with van der Waals surface area (Å²) in [6, 6.07) is 8.75. The lowest BCUT2D eigenvalue weighted by Crippen LogP contribution is -2.28. The molecule has 2 N–H and O–H groups in total. The zero-order valence-corrected chi connectivity index (χ0v) is 11.3. The fourth-order valence-corrected chi connectivity index (χ4v) is 1.98. The fourth-order valence-electron chi connectivity index (χ4n) is 1.98. The minimum Gasteiger partial charge on any atom is -0.486 e. The number of fused-ring (bicyclic) bond motifs is 1. The first-order valence-corrected chi connectivity index (χ1v) is 6.65. The predicted octanol–water partition coefficient (Wildman–Crippen LogP) is 2.17. The molecule has 0 saturated heterocycles. The average Bonchev–Trinajstić information content (AvgIpc) is 2.54. The highest BCUT2D eigenvalue weighted by Crippen LogP contribution is 2.32. The summed E-state index contributed by atoms with van der Waals surface area (Å²) in [6.07, 6.45) is 3.41. The van der Waals surface area contributed by atoms with E-state index in [-0.39, 0.29) is 6.03 Å². The van der Waals surface area contributed by atoms with E-state index in [0.717, 1.165) is 5.56 Å². The van der Waals surface area contributed by atoms with Gasteiger partial charge in [0, 0.05) is 30.7 Å². The van der Waals surface area contributed by atoms with Crippen molar-refractivity contribution in [3.63, 3.8) is 0 Å². The Balaban J connectivity index is 1.57. The zero-order valence-electron chi connectivity index (χ0n) is 11.3. The van der Waals surface area contributed by atoms with Gasteiger partial charge in [-0.15, -0.1) is 0 Å². The van der Waals surface area contributed by atoms with Gasteiger partial charge >= 0.3 is 6.03 Å². The number of nitrogens with zero attached hydrogens (tertiary/aromatic N) is 1. The number of amides is 2. The molecule has 2 amide bonds. The number of hydrogen-bond donors (Lipinski definition) is 2. The van der Waals surface area contributed by atoms with Gasteiger partial charge in [-0.2, -0.15) is 0 Å². The van der Waals surface area contributed by atoms with Gasteiger partial charge in [0.05, 0.1) is 0 Å². The molecular formula is C15H15N3O3. The first-order valence-electron chi connectivity index (χ1n) is 6.65. The smallest absolute Gasteiger partial charge is 0.319 e. The number of nitrogens with one attached hydrogen (secondary N) is 2.